The highest BCUT2D eigenvalue weighted by molar-refractivity contribution is 8.00. The molecule has 146 valence electrons. The van der Waals surface area contributed by atoms with E-state index in [1.807, 2.05) is 31.2 Å². The van der Waals surface area contributed by atoms with Crippen LogP contribution in [0.3, 0.4) is 0 Å². The Hall–Kier alpha value is -2.71. The number of carbonyl (C=O) groups is 1. The van der Waals surface area contributed by atoms with Gasteiger partial charge >= 0.3 is 0 Å². The largest absolute Gasteiger partial charge is 0.494 e. The SMILES string of the molecule is CCOc1ccc(-c2nnc(S[C@@H](C)C(=O)Nc3ccc(Cl)cc3)n2N)cc1. The molecule has 1 amide bonds. The summed E-state index contributed by atoms with van der Waals surface area (Å²) in [4.78, 5) is 12.4. The minimum absolute atomic E-state index is 0.169. The molecular weight excluding hydrogens is 398 g/mol. The summed E-state index contributed by atoms with van der Waals surface area (Å²) < 4.78 is 6.82. The number of thioether (sulfide) groups is 1. The molecule has 1 atom stereocenters. The van der Waals surface area contributed by atoms with Gasteiger partial charge in [0.05, 0.1) is 11.9 Å². The van der Waals surface area contributed by atoms with Crippen LogP contribution < -0.4 is 15.9 Å². The van der Waals surface area contributed by atoms with Crippen LogP contribution in [0.2, 0.25) is 5.02 Å². The zero-order chi connectivity index (χ0) is 20.1. The van der Waals surface area contributed by atoms with Crippen LogP contribution in [0.5, 0.6) is 5.75 Å². The molecular formula is C19H20ClN5O2S. The molecule has 2 aromatic carbocycles. The Balaban J connectivity index is 1.67. The molecule has 0 aliphatic heterocycles. The molecule has 0 unspecified atom stereocenters. The summed E-state index contributed by atoms with van der Waals surface area (Å²) in [6.45, 7) is 4.31. The minimum atomic E-state index is -0.421. The lowest BCUT2D eigenvalue weighted by Gasteiger charge is -2.11. The van der Waals surface area contributed by atoms with Crippen LogP contribution in [-0.2, 0) is 4.79 Å². The van der Waals surface area contributed by atoms with E-state index >= 15 is 0 Å². The van der Waals surface area contributed by atoms with E-state index < -0.39 is 5.25 Å². The monoisotopic (exact) mass is 417 g/mol. The van der Waals surface area contributed by atoms with Crippen molar-refractivity contribution in [3.63, 3.8) is 0 Å². The number of halogens is 1. The van der Waals surface area contributed by atoms with Gasteiger partial charge in [0.25, 0.3) is 0 Å². The van der Waals surface area contributed by atoms with Gasteiger partial charge in [-0.2, -0.15) is 0 Å². The van der Waals surface area contributed by atoms with E-state index in [1.165, 1.54) is 16.4 Å². The fourth-order valence-corrected chi connectivity index (χ4v) is 3.31. The number of amides is 1. The zero-order valence-electron chi connectivity index (χ0n) is 15.4. The van der Waals surface area contributed by atoms with E-state index in [-0.39, 0.29) is 5.91 Å². The fraction of sp³-hybridized carbons (Fsp3) is 0.211. The van der Waals surface area contributed by atoms with E-state index in [4.69, 9.17) is 22.2 Å². The predicted octanol–water partition coefficient (Wildman–Crippen LogP) is 3.83. The van der Waals surface area contributed by atoms with Crippen LogP contribution in [0, 0.1) is 0 Å². The molecule has 0 bridgehead atoms. The Labute approximate surface area is 172 Å². The second kappa shape index (κ2) is 8.99. The zero-order valence-corrected chi connectivity index (χ0v) is 17.0. The average Bonchev–Trinajstić information content (AvgIpc) is 3.05. The molecule has 0 fully saturated rings. The van der Waals surface area contributed by atoms with Crippen molar-refractivity contribution in [1.29, 1.82) is 0 Å². The Morgan fingerprint density at radius 2 is 1.89 bits per heavy atom. The van der Waals surface area contributed by atoms with Crippen molar-refractivity contribution in [2.75, 3.05) is 17.8 Å². The van der Waals surface area contributed by atoms with Gasteiger partial charge in [0.15, 0.2) is 5.82 Å². The first-order valence-electron chi connectivity index (χ1n) is 8.64. The predicted molar refractivity (Wildman–Crippen MR) is 112 cm³/mol. The summed E-state index contributed by atoms with van der Waals surface area (Å²) in [5.74, 6) is 7.26. The smallest absolute Gasteiger partial charge is 0.237 e. The number of rotatable bonds is 7. The number of nitrogens with zero attached hydrogens (tertiary/aromatic N) is 3. The maximum atomic E-state index is 12.4. The van der Waals surface area contributed by atoms with Gasteiger partial charge in [0.2, 0.25) is 11.1 Å². The molecule has 7 nitrogen and oxygen atoms in total. The molecule has 0 radical (unpaired) electrons. The van der Waals surface area contributed by atoms with Gasteiger partial charge < -0.3 is 15.9 Å². The van der Waals surface area contributed by atoms with Crippen LogP contribution in [0.25, 0.3) is 11.4 Å². The molecule has 1 aromatic heterocycles. The van der Waals surface area contributed by atoms with Crippen molar-refractivity contribution < 1.29 is 9.53 Å². The molecule has 28 heavy (non-hydrogen) atoms. The van der Waals surface area contributed by atoms with Gasteiger partial charge in [-0.3, -0.25) is 4.79 Å². The highest BCUT2D eigenvalue weighted by Gasteiger charge is 2.20. The highest BCUT2D eigenvalue weighted by Crippen LogP contribution is 2.26. The number of carbonyl (C=O) groups excluding carboxylic acids is 1. The van der Waals surface area contributed by atoms with E-state index in [2.05, 4.69) is 15.5 Å². The van der Waals surface area contributed by atoms with Gasteiger partial charge in [0.1, 0.15) is 5.75 Å². The number of ether oxygens (including phenoxy) is 1. The van der Waals surface area contributed by atoms with E-state index in [9.17, 15) is 4.79 Å². The van der Waals surface area contributed by atoms with Crippen molar-refractivity contribution in [3.05, 3.63) is 53.6 Å². The molecule has 0 spiro atoms. The lowest BCUT2D eigenvalue weighted by Crippen LogP contribution is -2.23. The van der Waals surface area contributed by atoms with E-state index in [0.717, 1.165) is 11.3 Å². The molecule has 0 aliphatic rings. The molecule has 9 heteroatoms. The Morgan fingerprint density at radius 1 is 1.21 bits per heavy atom. The third-order valence-electron chi connectivity index (χ3n) is 3.85. The van der Waals surface area contributed by atoms with Crippen LogP contribution >= 0.6 is 23.4 Å². The van der Waals surface area contributed by atoms with Crippen LogP contribution in [-0.4, -0.2) is 32.6 Å². The molecule has 3 N–H and O–H groups in total. The molecule has 1 heterocycles. The first kappa shape index (κ1) is 20.0. The molecule has 0 aliphatic carbocycles. The summed E-state index contributed by atoms with van der Waals surface area (Å²) in [6.07, 6.45) is 0. The van der Waals surface area contributed by atoms with Gasteiger partial charge in [-0.1, -0.05) is 23.4 Å². The number of hydrogen-bond acceptors (Lipinski definition) is 6. The quantitative estimate of drug-likeness (QED) is 0.448. The van der Waals surface area contributed by atoms with Gasteiger partial charge in [0, 0.05) is 16.3 Å². The van der Waals surface area contributed by atoms with Gasteiger partial charge in [-0.15, -0.1) is 10.2 Å². The second-order valence-corrected chi connectivity index (χ2v) is 7.63. The molecule has 0 saturated heterocycles. The van der Waals surface area contributed by atoms with Crippen molar-refractivity contribution in [1.82, 2.24) is 14.9 Å². The first-order valence-corrected chi connectivity index (χ1v) is 9.90. The maximum Gasteiger partial charge on any atom is 0.237 e. The summed E-state index contributed by atoms with van der Waals surface area (Å²) in [5, 5.41) is 11.7. The minimum Gasteiger partial charge on any atom is -0.494 e. The maximum absolute atomic E-state index is 12.4. The van der Waals surface area contributed by atoms with Crippen LogP contribution in [0.15, 0.2) is 53.7 Å². The fourth-order valence-electron chi connectivity index (χ4n) is 2.41. The number of aromatic nitrogens is 3. The summed E-state index contributed by atoms with van der Waals surface area (Å²) in [5.41, 5.74) is 1.48. The third kappa shape index (κ3) is 4.76. The van der Waals surface area contributed by atoms with Crippen molar-refractivity contribution in [2.24, 2.45) is 0 Å². The number of hydrogen-bond donors (Lipinski definition) is 2. The topological polar surface area (TPSA) is 95.1 Å². The number of nitrogens with two attached hydrogens (primary N) is 1. The standard InChI is InChI=1S/C19H20ClN5O2S/c1-3-27-16-10-4-13(5-11-16)17-23-24-19(25(17)21)28-12(2)18(26)22-15-8-6-14(20)7-9-15/h4-12H,3,21H2,1-2H3,(H,22,26)/t12-/m0/s1. The Bertz CT molecular complexity index is 944. The van der Waals surface area contributed by atoms with Crippen molar-refractivity contribution in [3.8, 4) is 17.1 Å². The number of nitrogens with one attached hydrogen (secondary N) is 1. The van der Waals surface area contributed by atoms with Crippen molar-refractivity contribution in [2.45, 2.75) is 24.3 Å². The molecule has 0 saturated carbocycles. The second-order valence-electron chi connectivity index (χ2n) is 5.89. The molecule has 3 aromatic rings. The number of nitrogen functional groups attached to an aromatic ring is 1. The lowest BCUT2D eigenvalue weighted by molar-refractivity contribution is -0.115. The van der Waals surface area contributed by atoms with Gasteiger partial charge in [-0.25, -0.2) is 4.68 Å². The average molecular weight is 418 g/mol. The Kier molecular flexibility index (Phi) is 6.43. The van der Waals surface area contributed by atoms with E-state index in [1.54, 1.807) is 31.2 Å². The normalized spacial score (nSPS) is 11.8. The number of anilines is 1. The van der Waals surface area contributed by atoms with E-state index in [0.29, 0.717) is 28.3 Å². The lowest BCUT2D eigenvalue weighted by atomic mass is 10.2. The number of benzene rings is 2. The van der Waals surface area contributed by atoms with Crippen LogP contribution in [0.4, 0.5) is 5.69 Å². The summed E-state index contributed by atoms with van der Waals surface area (Å²) in [7, 11) is 0. The summed E-state index contributed by atoms with van der Waals surface area (Å²) >= 11 is 7.09. The first-order chi connectivity index (χ1) is 13.5. The highest BCUT2D eigenvalue weighted by atomic mass is 35.5. The van der Waals surface area contributed by atoms with Crippen LogP contribution in [0.1, 0.15) is 13.8 Å². The van der Waals surface area contributed by atoms with Gasteiger partial charge in [-0.05, 0) is 62.4 Å². The van der Waals surface area contributed by atoms with Crippen molar-refractivity contribution >= 4 is 35.0 Å². The Morgan fingerprint density at radius 3 is 2.54 bits per heavy atom. The molecule has 3 rings (SSSR count). The summed E-state index contributed by atoms with van der Waals surface area (Å²) in [6, 6.07) is 14.3. The third-order valence-corrected chi connectivity index (χ3v) is 5.16.